The van der Waals surface area contributed by atoms with E-state index in [1.54, 1.807) is 0 Å². The topological polar surface area (TPSA) is 46.2 Å². The van der Waals surface area contributed by atoms with Crippen molar-refractivity contribution in [3.05, 3.63) is 34.3 Å². The number of halogens is 4. The summed E-state index contributed by atoms with van der Waals surface area (Å²) in [6.45, 7) is 0. The highest BCUT2D eigenvalue weighted by Gasteiger charge is 2.35. The van der Waals surface area contributed by atoms with Crippen molar-refractivity contribution in [3.8, 4) is 0 Å². The number of nitrogens with two attached hydrogens (primary N) is 1. The van der Waals surface area contributed by atoms with E-state index in [1.165, 1.54) is 12.1 Å². The zero-order valence-corrected chi connectivity index (χ0v) is 10.9. The molecule has 0 saturated heterocycles. The fourth-order valence-corrected chi connectivity index (χ4v) is 2.54. The molecule has 19 heavy (non-hydrogen) atoms. The third-order valence-corrected chi connectivity index (χ3v) is 4.00. The predicted molar refractivity (Wildman–Crippen MR) is 66.7 cm³/mol. The van der Waals surface area contributed by atoms with Gasteiger partial charge in [-0.3, -0.25) is 0 Å². The van der Waals surface area contributed by atoms with Crippen LogP contribution in [0.3, 0.4) is 0 Å². The summed E-state index contributed by atoms with van der Waals surface area (Å²) in [4.78, 5) is 0. The van der Waals surface area contributed by atoms with Gasteiger partial charge in [-0.2, -0.15) is 13.2 Å². The van der Waals surface area contributed by atoms with E-state index >= 15 is 0 Å². The zero-order chi connectivity index (χ0) is 14.2. The summed E-state index contributed by atoms with van der Waals surface area (Å²) in [5.74, 6) is 0.135. The smallest absolute Gasteiger partial charge is 0.391 e. The monoisotopic (exact) mass is 293 g/mol. The molecule has 1 saturated carbocycles. The Hall–Kier alpha value is -0.780. The van der Waals surface area contributed by atoms with Crippen LogP contribution in [0.25, 0.3) is 0 Å². The van der Waals surface area contributed by atoms with Crippen LogP contribution in [0.5, 0.6) is 0 Å². The second-order valence-corrected chi connectivity index (χ2v) is 5.35. The third kappa shape index (κ3) is 3.04. The SMILES string of the molecule is N[C@H](c1ccc(C(F)(F)F)c(Cl)c1)[C@@H](O)C1CCC1. The first-order valence-electron chi connectivity index (χ1n) is 6.11. The molecule has 3 N–H and O–H groups in total. The normalized spacial score (nSPS) is 19.9. The molecule has 0 radical (unpaired) electrons. The number of hydrogen-bond acceptors (Lipinski definition) is 2. The van der Waals surface area contributed by atoms with Crippen molar-refractivity contribution in [2.24, 2.45) is 11.7 Å². The number of aliphatic hydroxyl groups is 1. The molecule has 0 amide bonds. The maximum absolute atomic E-state index is 12.6. The van der Waals surface area contributed by atoms with E-state index in [9.17, 15) is 18.3 Å². The molecule has 2 nitrogen and oxygen atoms in total. The number of alkyl halides is 3. The fraction of sp³-hybridized carbons (Fsp3) is 0.538. The van der Waals surface area contributed by atoms with Gasteiger partial charge in [-0.05, 0) is 36.5 Å². The Kier molecular flexibility index (Phi) is 4.08. The van der Waals surface area contributed by atoms with Gasteiger partial charge in [0, 0.05) is 0 Å². The molecule has 0 spiro atoms. The second kappa shape index (κ2) is 5.31. The lowest BCUT2D eigenvalue weighted by atomic mass is 9.77. The molecule has 0 heterocycles. The molecule has 106 valence electrons. The molecule has 1 aromatic carbocycles. The van der Waals surface area contributed by atoms with Gasteiger partial charge in [-0.15, -0.1) is 0 Å². The lowest BCUT2D eigenvalue weighted by Crippen LogP contribution is -2.36. The van der Waals surface area contributed by atoms with E-state index in [0.29, 0.717) is 5.56 Å². The molecule has 0 bridgehead atoms. The van der Waals surface area contributed by atoms with Gasteiger partial charge >= 0.3 is 6.18 Å². The summed E-state index contributed by atoms with van der Waals surface area (Å²) < 4.78 is 37.7. The Morgan fingerprint density at radius 1 is 1.32 bits per heavy atom. The molecule has 1 aromatic rings. The van der Waals surface area contributed by atoms with Gasteiger partial charge < -0.3 is 10.8 Å². The fourth-order valence-electron chi connectivity index (χ4n) is 2.24. The Labute approximate surface area is 114 Å². The Balaban J connectivity index is 2.19. The quantitative estimate of drug-likeness (QED) is 0.896. The number of rotatable bonds is 3. The van der Waals surface area contributed by atoms with E-state index in [0.717, 1.165) is 25.3 Å². The average molecular weight is 294 g/mol. The van der Waals surface area contributed by atoms with Crippen LogP contribution in [0.4, 0.5) is 13.2 Å². The standard InChI is InChI=1S/C13H15ClF3NO/c14-10-6-8(4-5-9(10)13(15,16)17)11(18)12(19)7-2-1-3-7/h4-7,11-12,19H,1-3,18H2/t11-,12+/m1/s1. The summed E-state index contributed by atoms with van der Waals surface area (Å²) in [7, 11) is 0. The van der Waals surface area contributed by atoms with Gasteiger partial charge in [0.15, 0.2) is 0 Å². The lowest BCUT2D eigenvalue weighted by Gasteiger charge is -2.34. The highest BCUT2D eigenvalue weighted by atomic mass is 35.5. The minimum Gasteiger partial charge on any atom is -0.391 e. The summed E-state index contributed by atoms with van der Waals surface area (Å²) in [5.41, 5.74) is 5.43. The Morgan fingerprint density at radius 3 is 2.37 bits per heavy atom. The van der Waals surface area contributed by atoms with Gasteiger partial charge in [0.25, 0.3) is 0 Å². The largest absolute Gasteiger partial charge is 0.417 e. The van der Waals surface area contributed by atoms with Gasteiger partial charge in [0.2, 0.25) is 0 Å². The van der Waals surface area contributed by atoms with Crippen molar-refractivity contribution < 1.29 is 18.3 Å². The van der Waals surface area contributed by atoms with Gasteiger partial charge in [0.1, 0.15) is 0 Å². The van der Waals surface area contributed by atoms with Crippen molar-refractivity contribution in [1.29, 1.82) is 0 Å². The van der Waals surface area contributed by atoms with Crippen LogP contribution in [0.1, 0.15) is 36.4 Å². The number of aliphatic hydroxyl groups excluding tert-OH is 1. The van der Waals surface area contributed by atoms with Crippen LogP contribution in [0.2, 0.25) is 5.02 Å². The molecule has 2 rings (SSSR count). The van der Waals surface area contributed by atoms with Crippen LogP contribution in [-0.4, -0.2) is 11.2 Å². The first-order valence-corrected chi connectivity index (χ1v) is 6.49. The molecule has 6 heteroatoms. The van der Waals surface area contributed by atoms with Crippen molar-refractivity contribution >= 4 is 11.6 Å². The van der Waals surface area contributed by atoms with Crippen LogP contribution >= 0.6 is 11.6 Å². The van der Waals surface area contributed by atoms with E-state index in [-0.39, 0.29) is 10.9 Å². The molecular weight excluding hydrogens is 279 g/mol. The van der Waals surface area contributed by atoms with Crippen molar-refractivity contribution in [2.75, 3.05) is 0 Å². The molecule has 0 aliphatic heterocycles. The minimum absolute atomic E-state index is 0.135. The lowest BCUT2D eigenvalue weighted by molar-refractivity contribution is -0.137. The van der Waals surface area contributed by atoms with Crippen molar-refractivity contribution in [3.63, 3.8) is 0 Å². The third-order valence-electron chi connectivity index (χ3n) is 3.68. The minimum atomic E-state index is -4.48. The number of hydrogen-bond donors (Lipinski definition) is 2. The first kappa shape index (κ1) is 14.6. The van der Waals surface area contributed by atoms with E-state index in [2.05, 4.69) is 0 Å². The zero-order valence-electron chi connectivity index (χ0n) is 10.1. The Bertz CT molecular complexity index is 460. The average Bonchev–Trinajstić information content (AvgIpc) is 2.23. The maximum atomic E-state index is 12.6. The van der Waals surface area contributed by atoms with Gasteiger partial charge in [-0.1, -0.05) is 24.1 Å². The van der Waals surface area contributed by atoms with E-state index in [4.69, 9.17) is 17.3 Å². The highest BCUT2D eigenvalue weighted by molar-refractivity contribution is 6.31. The molecule has 1 fully saturated rings. The number of benzene rings is 1. The molecule has 0 aromatic heterocycles. The van der Waals surface area contributed by atoms with E-state index < -0.39 is 23.9 Å². The van der Waals surface area contributed by atoms with Gasteiger partial charge in [0.05, 0.1) is 22.7 Å². The molecular formula is C13H15ClF3NO. The summed E-state index contributed by atoms with van der Waals surface area (Å²) >= 11 is 5.63. The maximum Gasteiger partial charge on any atom is 0.417 e. The summed E-state index contributed by atoms with van der Waals surface area (Å²) in [5, 5.41) is 9.63. The molecule has 0 unspecified atom stereocenters. The Morgan fingerprint density at radius 2 is 1.95 bits per heavy atom. The van der Waals surface area contributed by atoms with Crippen LogP contribution < -0.4 is 5.73 Å². The first-order chi connectivity index (χ1) is 8.80. The summed E-state index contributed by atoms with van der Waals surface area (Å²) in [6, 6.07) is 2.67. The van der Waals surface area contributed by atoms with Crippen molar-refractivity contribution in [2.45, 2.75) is 37.6 Å². The highest BCUT2D eigenvalue weighted by Crippen LogP contribution is 2.38. The van der Waals surface area contributed by atoms with Crippen LogP contribution in [0, 0.1) is 5.92 Å². The van der Waals surface area contributed by atoms with Crippen LogP contribution in [-0.2, 0) is 6.18 Å². The summed E-state index contributed by atoms with van der Waals surface area (Å²) in [6.07, 6.45) is -2.34. The molecule has 2 atom stereocenters. The van der Waals surface area contributed by atoms with Crippen LogP contribution in [0.15, 0.2) is 18.2 Å². The molecule has 1 aliphatic carbocycles. The van der Waals surface area contributed by atoms with Crippen molar-refractivity contribution in [1.82, 2.24) is 0 Å². The molecule has 1 aliphatic rings. The van der Waals surface area contributed by atoms with Gasteiger partial charge in [-0.25, -0.2) is 0 Å². The predicted octanol–water partition coefficient (Wildman–Crippen LogP) is 3.52. The van der Waals surface area contributed by atoms with E-state index in [1.807, 2.05) is 0 Å². The second-order valence-electron chi connectivity index (χ2n) is 4.94.